The molecule has 3 nitrogen and oxygen atoms in total. The summed E-state index contributed by atoms with van der Waals surface area (Å²) < 4.78 is 0. The zero-order chi connectivity index (χ0) is 8.27. The van der Waals surface area contributed by atoms with Crippen LogP contribution in [0.25, 0.3) is 0 Å². The van der Waals surface area contributed by atoms with Gasteiger partial charge in [0.2, 0.25) is 0 Å². The first-order valence-electron chi connectivity index (χ1n) is 3.08. The van der Waals surface area contributed by atoms with Gasteiger partial charge in [-0.1, -0.05) is 11.6 Å². The fourth-order valence-corrected chi connectivity index (χ4v) is 0.856. The van der Waals surface area contributed by atoms with E-state index in [9.17, 15) is 4.79 Å². The van der Waals surface area contributed by atoms with Gasteiger partial charge in [-0.25, -0.2) is 0 Å². The molecule has 0 radical (unpaired) electrons. The predicted octanol–water partition coefficient (Wildman–Crippen LogP) is 0.876. The van der Waals surface area contributed by atoms with Crippen LogP contribution in [-0.4, -0.2) is 17.3 Å². The van der Waals surface area contributed by atoms with Crippen LogP contribution in [0.2, 0.25) is 5.02 Å². The SMILES string of the molecule is NCC(=O)c1cncc(Cl)c1. The van der Waals surface area contributed by atoms with E-state index in [-0.39, 0.29) is 12.3 Å². The van der Waals surface area contributed by atoms with Crippen molar-refractivity contribution < 1.29 is 4.79 Å². The third-order valence-electron chi connectivity index (χ3n) is 1.21. The molecule has 0 aliphatic carbocycles. The summed E-state index contributed by atoms with van der Waals surface area (Å²) in [5, 5.41) is 0.448. The van der Waals surface area contributed by atoms with Crippen molar-refractivity contribution in [2.45, 2.75) is 0 Å². The number of nitrogens with zero attached hydrogens (tertiary/aromatic N) is 1. The molecule has 0 amide bonds. The summed E-state index contributed by atoms with van der Waals surface area (Å²) in [6.07, 6.45) is 2.91. The van der Waals surface area contributed by atoms with Gasteiger partial charge >= 0.3 is 0 Å². The number of pyridine rings is 1. The third-order valence-corrected chi connectivity index (χ3v) is 1.42. The highest BCUT2D eigenvalue weighted by Crippen LogP contribution is 2.08. The first-order valence-corrected chi connectivity index (χ1v) is 3.45. The number of halogens is 1. The summed E-state index contributed by atoms with van der Waals surface area (Å²) in [6, 6.07) is 1.55. The molecule has 0 aliphatic heterocycles. The fourth-order valence-electron chi connectivity index (χ4n) is 0.682. The Morgan fingerprint density at radius 2 is 2.36 bits per heavy atom. The predicted molar refractivity (Wildman–Crippen MR) is 42.6 cm³/mol. The lowest BCUT2D eigenvalue weighted by Gasteiger charge is -1.95. The number of carbonyl (C=O) groups excluding carboxylic acids is 1. The molecule has 1 aromatic rings. The number of hydrogen-bond donors (Lipinski definition) is 1. The van der Waals surface area contributed by atoms with Crippen molar-refractivity contribution in [2.75, 3.05) is 6.54 Å². The molecule has 0 unspecified atom stereocenters. The minimum atomic E-state index is -0.153. The zero-order valence-electron chi connectivity index (χ0n) is 5.75. The zero-order valence-corrected chi connectivity index (χ0v) is 6.51. The first kappa shape index (κ1) is 8.17. The van der Waals surface area contributed by atoms with Gasteiger partial charge in [-0.2, -0.15) is 0 Å². The van der Waals surface area contributed by atoms with E-state index in [1.807, 2.05) is 0 Å². The molecule has 1 aromatic heterocycles. The molecule has 1 heterocycles. The number of carbonyl (C=O) groups is 1. The van der Waals surface area contributed by atoms with Gasteiger partial charge in [0.05, 0.1) is 11.6 Å². The van der Waals surface area contributed by atoms with Crippen molar-refractivity contribution in [1.82, 2.24) is 4.98 Å². The lowest BCUT2D eigenvalue weighted by Crippen LogP contribution is -2.13. The van der Waals surface area contributed by atoms with Crippen molar-refractivity contribution in [3.05, 3.63) is 29.0 Å². The lowest BCUT2D eigenvalue weighted by molar-refractivity contribution is 0.100. The summed E-state index contributed by atoms with van der Waals surface area (Å²) in [4.78, 5) is 14.7. The number of nitrogens with two attached hydrogens (primary N) is 1. The van der Waals surface area contributed by atoms with Crippen LogP contribution in [0.3, 0.4) is 0 Å². The number of aromatic nitrogens is 1. The molecule has 0 bridgehead atoms. The van der Waals surface area contributed by atoms with Crippen LogP contribution >= 0.6 is 11.6 Å². The Kier molecular flexibility index (Phi) is 2.57. The van der Waals surface area contributed by atoms with E-state index in [2.05, 4.69) is 4.98 Å². The van der Waals surface area contributed by atoms with Gasteiger partial charge in [0.1, 0.15) is 0 Å². The molecule has 4 heteroatoms. The molecule has 2 N–H and O–H groups in total. The van der Waals surface area contributed by atoms with Crippen LogP contribution in [0.15, 0.2) is 18.5 Å². The minimum absolute atomic E-state index is 0.0119. The number of rotatable bonds is 2. The second-order valence-electron chi connectivity index (χ2n) is 2.02. The maximum absolute atomic E-state index is 10.9. The second kappa shape index (κ2) is 3.46. The molecule has 0 spiro atoms. The largest absolute Gasteiger partial charge is 0.324 e. The Morgan fingerprint density at radius 3 is 2.91 bits per heavy atom. The number of ketones is 1. The molecule has 0 saturated carbocycles. The second-order valence-corrected chi connectivity index (χ2v) is 2.46. The lowest BCUT2D eigenvalue weighted by atomic mass is 10.2. The van der Waals surface area contributed by atoms with Crippen molar-refractivity contribution >= 4 is 17.4 Å². The highest BCUT2D eigenvalue weighted by molar-refractivity contribution is 6.30. The van der Waals surface area contributed by atoms with Gasteiger partial charge < -0.3 is 5.73 Å². The normalized spacial score (nSPS) is 9.64. The Labute approximate surface area is 69.2 Å². The Balaban J connectivity index is 2.96. The third kappa shape index (κ3) is 2.00. The van der Waals surface area contributed by atoms with Gasteiger partial charge in [0.15, 0.2) is 5.78 Å². The van der Waals surface area contributed by atoms with Crippen LogP contribution in [-0.2, 0) is 0 Å². The van der Waals surface area contributed by atoms with E-state index in [4.69, 9.17) is 17.3 Å². The van der Waals surface area contributed by atoms with E-state index < -0.39 is 0 Å². The highest BCUT2D eigenvalue weighted by Gasteiger charge is 2.02. The summed E-state index contributed by atoms with van der Waals surface area (Å²) in [5.41, 5.74) is 5.59. The summed E-state index contributed by atoms with van der Waals surface area (Å²) >= 11 is 5.59. The van der Waals surface area contributed by atoms with Gasteiger partial charge in [0.25, 0.3) is 0 Å². The standard InChI is InChI=1S/C7H7ClN2O/c8-6-1-5(3-10-4-6)7(11)2-9/h1,3-4H,2,9H2. The first-order chi connectivity index (χ1) is 5.24. The maximum atomic E-state index is 10.9. The van der Waals surface area contributed by atoms with Crippen molar-refractivity contribution in [2.24, 2.45) is 5.73 Å². The molecular weight excluding hydrogens is 164 g/mol. The average molecular weight is 171 g/mol. The maximum Gasteiger partial charge on any atom is 0.177 e. The van der Waals surface area contributed by atoms with Gasteiger partial charge in [0, 0.05) is 18.0 Å². The number of hydrogen-bond acceptors (Lipinski definition) is 3. The van der Waals surface area contributed by atoms with Crippen molar-refractivity contribution in [3.8, 4) is 0 Å². The smallest absolute Gasteiger partial charge is 0.177 e. The van der Waals surface area contributed by atoms with Gasteiger partial charge in [-0.3, -0.25) is 9.78 Å². The van der Waals surface area contributed by atoms with Crippen molar-refractivity contribution in [3.63, 3.8) is 0 Å². The van der Waals surface area contributed by atoms with Crippen molar-refractivity contribution in [1.29, 1.82) is 0 Å². The monoisotopic (exact) mass is 170 g/mol. The molecule has 0 aliphatic rings. The summed E-state index contributed by atoms with van der Waals surface area (Å²) in [7, 11) is 0. The molecule has 0 aromatic carbocycles. The van der Waals surface area contributed by atoms with Crippen LogP contribution < -0.4 is 5.73 Å². The quantitative estimate of drug-likeness (QED) is 0.671. The minimum Gasteiger partial charge on any atom is -0.324 e. The van der Waals surface area contributed by atoms with Crippen LogP contribution in [0.4, 0.5) is 0 Å². The summed E-state index contributed by atoms with van der Waals surface area (Å²) in [6.45, 7) is -0.0119. The van der Waals surface area contributed by atoms with Crippen LogP contribution in [0.5, 0.6) is 0 Å². The molecule has 0 fully saturated rings. The van der Waals surface area contributed by atoms with Crippen LogP contribution in [0, 0.1) is 0 Å². The topological polar surface area (TPSA) is 56.0 Å². The molecule has 58 valence electrons. The molecular formula is C7H7ClN2O. The highest BCUT2D eigenvalue weighted by atomic mass is 35.5. The van der Waals surface area contributed by atoms with Gasteiger partial charge in [-0.15, -0.1) is 0 Å². The Hall–Kier alpha value is -0.930. The van der Waals surface area contributed by atoms with Gasteiger partial charge in [-0.05, 0) is 6.07 Å². The summed E-state index contributed by atoms with van der Waals surface area (Å²) in [5.74, 6) is -0.153. The van der Waals surface area contributed by atoms with E-state index in [1.165, 1.54) is 12.4 Å². The van der Waals surface area contributed by atoms with E-state index >= 15 is 0 Å². The van der Waals surface area contributed by atoms with E-state index in [0.717, 1.165) is 0 Å². The molecule has 11 heavy (non-hydrogen) atoms. The Bertz CT molecular complexity index is 275. The average Bonchev–Trinajstić information content (AvgIpc) is 2.03. The van der Waals surface area contributed by atoms with Crippen LogP contribution in [0.1, 0.15) is 10.4 Å². The van der Waals surface area contributed by atoms with E-state index in [0.29, 0.717) is 10.6 Å². The molecule has 0 saturated heterocycles. The fraction of sp³-hybridized carbons (Fsp3) is 0.143. The molecule has 0 atom stereocenters. The number of Topliss-reactive ketones (excluding diaryl/α,β-unsaturated/α-hetero) is 1. The van der Waals surface area contributed by atoms with E-state index in [1.54, 1.807) is 6.07 Å². The Morgan fingerprint density at radius 1 is 1.64 bits per heavy atom. The molecule has 1 rings (SSSR count).